The zero-order chi connectivity index (χ0) is 24.2. The first kappa shape index (κ1) is 23.4. The summed E-state index contributed by atoms with van der Waals surface area (Å²) in [5.41, 5.74) is 7.76. The molecule has 7 nitrogen and oxygen atoms in total. The van der Waals surface area contributed by atoms with E-state index in [2.05, 4.69) is 41.1 Å². The largest absolute Gasteiger partial charge is 0.377 e. The number of amides is 2. The summed E-state index contributed by atoms with van der Waals surface area (Å²) in [6, 6.07) is 10.2. The SMILES string of the molecule is CN(C[C@H]1CCO1)[C@H]1CC[C@H](N)C(=O)N2[C@H](CC[C@H]2C(=O)N2C[C@H](c3ccccc3)CC23CC3)C1. The Balaban J connectivity index is 1.19. The topological polar surface area (TPSA) is 79.1 Å². The molecule has 1 aliphatic carbocycles. The molecule has 0 bridgehead atoms. The van der Waals surface area contributed by atoms with E-state index >= 15 is 0 Å². The van der Waals surface area contributed by atoms with Crippen molar-refractivity contribution in [1.82, 2.24) is 14.7 Å². The van der Waals surface area contributed by atoms with Gasteiger partial charge in [-0.3, -0.25) is 9.59 Å². The Labute approximate surface area is 208 Å². The molecule has 1 aromatic rings. The molecular formula is C28H40N4O3. The van der Waals surface area contributed by atoms with Crippen molar-refractivity contribution in [3.63, 3.8) is 0 Å². The van der Waals surface area contributed by atoms with Gasteiger partial charge in [0.1, 0.15) is 6.04 Å². The second-order valence-corrected chi connectivity index (χ2v) is 11.8. The maximum atomic E-state index is 14.1. The fourth-order valence-electron chi connectivity index (χ4n) is 7.23. The van der Waals surface area contributed by atoms with E-state index in [9.17, 15) is 9.59 Å². The fraction of sp³-hybridized carbons (Fsp3) is 0.714. The van der Waals surface area contributed by atoms with Crippen molar-refractivity contribution in [2.45, 2.75) is 99.5 Å². The van der Waals surface area contributed by atoms with Gasteiger partial charge in [0.2, 0.25) is 11.8 Å². The summed E-state index contributed by atoms with van der Waals surface area (Å²) in [4.78, 5) is 34.0. The van der Waals surface area contributed by atoms with Gasteiger partial charge in [0, 0.05) is 43.2 Å². The molecule has 7 heteroatoms. The summed E-state index contributed by atoms with van der Waals surface area (Å²) < 4.78 is 5.66. The summed E-state index contributed by atoms with van der Waals surface area (Å²) in [5.74, 6) is 0.534. The Hall–Kier alpha value is -1.96. The van der Waals surface area contributed by atoms with Crippen molar-refractivity contribution in [2.24, 2.45) is 5.73 Å². The number of hydrogen-bond acceptors (Lipinski definition) is 5. The van der Waals surface area contributed by atoms with Crippen LogP contribution in [0, 0.1) is 0 Å². The van der Waals surface area contributed by atoms with Crippen LogP contribution < -0.4 is 5.73 Å². The number of likely N-dealkylation sites (N-methyl/N-ethyl adjacent to an activating group) is 1. The molecule has 1 spiro atoms. The van der Waals surface area contributed by atoms with E-state index in [1.54, 1.807) is 0 Å². The minimum Gasteiger partial charge on any atom is -0.377 e. The number of carbonyl (C=O) groups excluding carboxylic acids is 2. The van der Waals surface area contributed by atoms with E-state index in [4.69, 9.17) is 10.5 Å². The number of carbonyl (C=O) groups is 2. The van der Waals surface area contributed by atoms with E-state index in [1.807, 2.05) is 11.0 Å². The molecule has 6 rings (SSSR count). The lowest BCUT2D eigenvalue weighted by Crippen LogP contribution is -2.58. The van der Waals surface area contributed by atoms with E-state index in [0.717, 1.165) is 71.1 Å². The van der Waals surface area contributed by atoms with Gasteiger partial charge in [-0.25, -0.2) is 0 Å². The minimum atomic E-state index is -0.521. The van der Waals surface area contributed by atoms with E-state index in [1.165, 1.54) is 5.56 Å². The van der Waals surface area contributed by atoms with E-state index in [0.29, 0.717) is 24.5 Å². The molecule has 1 saturated carbocycles. The number of nitrogens with zero attached hydrogens (tertiary/aromatic N) is 3. The van der Waals surface area contributed by atoms with Crippen molar-refractivity contribution >= 4 is 11.8 Å². The van der Waals surface area contributed by atoms with Crippen LogP contribution in [-0.4, -0.2) is 89.1 Å². The summed E-state index contributed by atoms with van der Waals surface area (Å²) in [7, 11) is 2.17. The number of rotatable bonds is 5. The average Bonchev–Trinajstić information content (AvgIpc) is 3.33. The Bertz CT molecular complexity index is 947. The Morgan fingerprint density at radius 2 is 1.91 bits per heavy atom. The maximum absolute atomic E-state index is 14.1. The highest BCUT2D eigenvalue weighted by Gasteiger charge is 2.58. The van der Waals surface area contributed by atoms with Crippen molar-refractivity contribution < 1.29 is 14.3 Å². The lowest BCUT2D eigenvalue weighted by molar-refractivity contribution is -0.148. The summed E-state index contributed by atoms with van der Waals surface area (Å²) >= 11 is 0. The van der Waals surface area contributed by atoms with Crippen LogP contribution in [0.25, 0.3) is 0 Å². The Morgan fingerprint density at radius 3 is 2.60 bits per heavy atom. The number of benzene rings is 1. The number of nitrogens with two attached hydrogens (primary N) is 1. The van der Waals surface area contributed by atoms with Gasteiger partial charge in [-0.05, 0) is 70.4 Å². The van der Waals surface area contributed by atoms with Crippen LogP contribution >= 0.6 is 0 Å². The smallest absolute Gasteiger partial charge is 0.245 e. The normalized spacial score (nSPS) is 36.1. The Morgan fingerprint density at radius 1 is 1.14 bits per heavy atom. The second-order valence-electron chi connectivity index (χ2n) is 11.8. The predicted octanol–water partition coefficient (Wildman–Crippen LogP) is 2.50. The molecule has 190 valence electrons. The van der Waals surface area contributed by atoms with Gasteiger partial charge in [0.15, 0.2) is 0 Å². The number of hydrogen-bond donors (Lipinski definition) is 1. The van der Waals surface area contributed by atoms with Gasteiger partial charge in [-0.1, -0.05) is 30.3 Å². The van der Waals surface area contributed by atoms with Crippen molar-refractivity contribution in [3.05, 3.63) is 35.9 Å². The van der Waals surface area contributed by atoms with Crippen molar-refractivity contribution in [2.75, 3.05) is 26.7 Å². The highest BCUT2D eigenvalue weighted by molar-refractivity contribution is 5.91. The predicted molar refractivity (Wildman–Crippen MR) is 134 cm³/mol. The molecule has 4 aliphatic heterocycles. The first-order valence-electron chi connectivity index (χ1n) is 13.7. The van der Waals surface area contributed by atoms with Crippen molar-refractivity contribution in [3.8, 4) is 0 Å². The first-order valence-corrected chi connectivity index (χ1v) is 13.7. The van der Waals surface area contributed by atoms with Crippen LogP contribution in [0.3, 0.4) is 0 Å². The number of likely N-dealkylation sites (tertiary alicyclic amines) is 1. The first-order chi connectivity index (χ1) is 16.9. The van der Waals surface area contributed by atoms with Crippen LogP contribution in [0.4, 0.5) is 0 Å². The van der Waals surface area contributed by atoms with Crippen LogP contribution in [0.2, 0.25) is 0 Å². The molecule has 5 aliphatic rings. The standard InChI is InChI=1S/C28H40N4O3/c1-30(18-23-11-14-35-23)21-7-9-24(29)26(33)32-22(15-21)8-10-25(32)27(34)31-17-20(16-28(31)12-13-28)19-5-3-2-4-6-19/h2-6,20-25H,7-18,29H2,1H3/t20-,21+,22-,23-,24+,25+/m1/s1. The number of ether oxygens (including phenoxy) is 1. The molecule has 2 amide bonds. The fourth-order valence-corrected chi connectivity index (χ4v) is 7.23. The summed E-state index contributed by atoms with van der Waals surface area (Å²) in [6.45, 7) is 2.57. The van der Waals surface area contributed by atoms with Crippen LogP contribution in [0.1, 0.15) is 69.3 Å². The van der Waals surface area contributed by atoms with Gasteiger partial charge in [0.05, 0.1) is 12.1 Å². The molecule has 4 saturated heterocycles. The monoisotopic (exact) mass is 480 g/mol. The maximum Gasteiger partial charge on any atom is 0.245 e. The molecular weight excluding hydrogens is 440 g/mol. The third kappa shape index (κ3) is 4.30. The number of fused-ring (bicyclic) bond motifs is 1. The van der Waals surface area contributed by atoms with Gasteiger partial charge < -0.3 is 25.2 Å². The zero-order valence-electron chi connectivity index (χ0n) is 21.0. The zero-order valence-corrected chi connectivity index (χ0v) is 21.0. The Kier molecular flexibility index (Phi) is 6.14. The van der Waals surface area contributed by atoms with Crippen LogP contribution in [0.5, 0.6) is 0 Å². The molecule has 0 unspecified atom stereocenters. The summed E-state index contributed by atoms with van der Waals surface area (Å²) in [6.07, 6.45) is 8.84. The molecule has 0 aromatic heterocycles. The van der Waals surface area contributed by atoms with E-state index < -0.39 is 6.04 Å². The highest BCUT2D eigenvalue weighted by atomic mass is 16.5. The molecule has 2 N–H and O–H groups in total. The molecule has 35 heavy (non-hydrogen) atoms. The van der Waals surface area contributed by atoms with Crippen LogP contribution in [-0.2, 0) is 14.3 Å². The third-order valence-electron chi connectivity index (χ3n) is 9.59. The average molecular weight is 481 g/mol. The lowest BCUT2D eigenvalue weighted by atomic mass is 9.93. The third-order valence-corrected chi connectivity index (χ3v) is 9.59. The molecule has 4 heterocycles. The highest BCUT2D eigenvalue weighted by Crippen LogP contribution is 2.54. The molecule has 5 fully saturated rings. The lowest BCUT2D eigenvalue weighted by Gasteiger charge is -2.41. The quantitative estimate of drug-likeness (QED) is 0.701. The minimum absolute atomic E-state index is 0.00903. The van der Waals surface area contributed by atoms with Crippen molar-refractivity contribution in [1.29, 1.82) is 0 Å². The van der Waals surface area contributed by atoms with Gasteiger partial charge in [-0.2, -0.15) is 0 Å². The van der Waals surface area contributed by atoms with Gasteiger partial charge >= 0.3 is 0 Å². The molecule has 6 atom stereocenters. The van der Waals surface area contributed by atoms with Gasteiger partial charge in [-0.15, -0.1) is 0 Å². The molecule has 1 aromatic carbocycles. The summed E-state index contributed by atoms with van der Waals surface area (Å²) in [5, 5.41) is 0. The second kappa shape index (κ2) is 9.16. The van der Waals surface area contributed by atoms with Crippen LogP contribution in [0.15, 0.2) is 30.3 Å². The van der Waals surface area contributed by atoms with Gasteiger partial charge in [0.25, 0.3) is 0 Å². The van der Waals surface area contributed by atoms with E-state index in [-0.39, 0.29) is 29.4 Å². The molecule has 0 radical (unpaired) electrons.